The SMILES string of the molecule is Cc1ccccc1S(=O)(=O)NC1Cc2ccccc2C1. The fraction of sp³-hybridized carbons (Fsp3) is 0.250. The molecule has 0 heterocycles. The largest absolute Gasteiger partial charge is 0.241 e. The first-order valence-corrected chi connectivity index (χ1v) is 8.19. The van der Waals surface area contributed by atoms with Crippen molar-refractivity contribution in [3.63, 3.8) is 0 Å². The molecule has 104 valence electrons. The van der Waals surface area contributed by atoms with Gasteiger partial charge in [-0.3, -0.25) is 0 Å². The van der Waals surface area contributed by atoms with E-state index >= 15 is 0 Å². The van der Waals surface area contributed by atoms with Crippen LogP contribution >= 0.6 is 0 Å². The van der Waals surface area contributed by atoms with Crippen molar-refractivity contribution in [1.29, 1.82) is 0 Å². The Morgan fingerprint density at radius 3 is 2.10 bits per heavy atom. The fourth-order valence-electron chi connectivity index (χ4n) is 2.78. The Balaban J connectivity index is 1.81. The number of nitrogens with one attached hydrogen (secondary N) is 1. The van der Waals surface area contributed by atoms with E-state index in [1.807, 2.05) is 31.2 Å². The summed E-state index contributed by atoms with van der Waals surface area (Å²) >= 11 is 0. The summed E-state index contributed by atoms with van der Waals surface area (Å²) in [7, 11) is -3.44. The predicted octanol–water partition coefficient (Wildman–Crippen LogP) is 2.44. The lowest BCUT2D eigenvalue weighted by atomic mass is 10.1. The van der Waals surface area contributed by atoms with Crippen LogP contribution in [0.4, 0.5) is 0 Å². The topological polar surface area (TPSA) is 46.2 Å². The van der Waals surface area contributed by atoms with E-state index in [1.54, 1.807) is 12.1 Å². The number of rotatable bonds is 3. The highest BCUT2D eigenvalue weighted by Gasteiger charge is 2.26. The Labute approximate surface area is 119 Å². The molecular weight excluding hydrogens is 270 g/mol. The van der Waals surface area contributed by atoms with Crippen molar-refractivity contribution in [3.8, 4) is 0 Å². The van der Waals surface area contributed by atoms with Crippen molar-refractivity contribution in [2.45, 2.75) is 30.7 Å². The quantitative estimate of drug-likeness (QED) is 0.942. The molecule has 1 aliphatic carbocycles. The molecular formula is C16H17NO2S. The molecule has 0 bridgehead atoms. The monoisotopic (exact) mass is 287 g/mol. The Morgan fingerprint density at radius 2 is 1.50 bits per heavy atom. The van der Waals surface area contributed by atoms with Crippen LogP contribution in [0.5, 0.6) is 0 Å². The average molecular weight is 287 g/mol. The molecule has 1 aliphatic rings. The van der Waals surface area contributed by atoms with Gasteiger partial charge in [0, 0.05) is 6.04 Å². The molecule has 0 aliphatic heterocycles. The maximum absolute atomic E-state index is 12.4. The molecule has 4 heteroatoms. The van der Waals surface area contributed by atoms with Crippen molar-refractivity contribution in [2.24, 2.45) is 0 Å². The van der Waals surface area contributed by atoms with Gasteiger partial charge in [0.15, 0.2) is 0 Å². The van der Waals surface area contributed by atoms with Crippen molar-refractivity contribution in [3.05, 3.63) is 65.2 Å². The minimum Gasteiger partial charge on any atom is -0.207 e. The summed E-state index contributed by atoms with van der Waals surface area (Å²) in [5.74, 6) is 0. The molecule has 0 spiro atoms. The summed E-state index contributed by atoms with van der Waals surface area (Å²) in [5.41, 5.74) is 3.26. The van der Waals surface area contributed by atoms with Gasteiger partial charge in [-0.25, -0.2) is 13.1 Å². The van der Waals surface area contributed by atoms with E-state index in [4.69, 9.17) is 0 Å². The second-order valence-electron chi connectivity index (χ2n) is 5.26. The maximum Gasteiger partial charge on any atom is 0.241 e. The zero-order chi connectivity index (χ0) is 14.2. The first-order valence-electron chi connectivity index (χ1n) is 6.71. The summed E-state index contributed by atoms with van der Waals surface area (Å²) in [4.78, 5) is 0.371. The van der Waals surface area contributed by atoms with Gasteiger partial charge < -0.3 is 0 Å². The molecule has 2 aromatic carbocycles. The van der Waals surface area contributed by atoms with Crippen LogP contribution in [0.15, 0.2) is 53.4 Å². The Kier molecular flexibility index (Phi) is 3.36. The lowest BCUT2D eigenvalue weighted by Crippen LogP contribution is -2.35. The van der Waals surface area contributed by atoms with Crippen molar-refractivity contribution >= 4 is 10.0 Å². The van der Waals surface area contributed by atoms with Crippen LogP contribution < -0.4 is 4.72 Å². The van der Waals surface area contributed by atoms with Crippen LogP contribution in [0, 0.1) is 6.92 Å². The number of sulfonamides is 1. The van der Waals surface area contributed by atoms with Crippen molar-refractivity contribution in [1.82, 2.24) is 4.72 Å². The van der Waals surface area contributed by atoms with Crippen LogP contribution in [0.3, 0.4) is 0 Å². The standard InChI is InChI=1S/C16H17NO2S/c1-12-6-2-5-9-16(12)20(18,19)17-15-10-13-7-3-4-8-14(13)11-15/h2-9,15,17H,10-11H2,1H3. The average Bonchev–Trinajstić information content (AvgIpc) is 2.80. The van der Waals surface area contributed by atoms with Gasteiger partial charge in [-0.1, -0.05) is 42.5 Å². The summed E-state index contributed by atoms with van der Waals surface area (Å²) in [6, 6.07) is 15.2. The number of benzene rings is 2. The van der Waals surface area contributed by atoms with Crippen LogP contribution in [0.25, 0.3) is 0 Å². The molecule has 0 saturated carbocycles. The van der Waals surface area contributed by atoms with Gasteiger partial charge >= 0.3 is 0 Å². The van der Waals surface area contributed by atoms with E-state index in [2.05, 4.69) is 16.9 Å². The minimum atomic E-state index is -3.44. The highest BCUT2D eigenvalue weighted by molar-refractivity contribution is 7.89. The van der Waals surface area contributed by atoms with Crippen LogP contribution in [-0.4, -0.2) is 14.5 Å². The fourth-order valence-corrected chi connectivity index (χ4v) is 4.27. The summed E-state index contributed by atoms with van der Waals surface area (Å²) < 4.78 is 27.7. The maximum atomic E-state index is 12.4. The number of aryl methyl sites for hydroxylation is 1. The summed E-state index contributed by atoms with van der Waals surface area (Å²) in [6.07, 6.45) is 1.53. The van der Waals surface area contributed by atoms with Gasteiger partial charge in [-0.2, -0.15) is 0 Å². The Morgan fingerprint density at radius 1 is 0.950 bits per heavy atom. The highest BCUT2D eigenvalue weighted by Crippen LogP contribution is 2.23. The Hall–Kier alpha value is -1.65. The third-order valence-electron chi connectivity index (χ3n) is 3.76. The van der Waals surface area contributed by atoms with E-state index < -0.39 is 10.0 Å². The molecule has 0 unspecified atom stereocenters. The molecule has 3 rings (SSSR count). The van der Waals surface area contributed by atoms with Gasteiger partial charge in [0.2, 0.25) is 10.0 Å². The van der Waals surface area contributed by atoms with Gasteiger partial charge in [0.1, 0.15) is 0 Å². The highest BCUT2D eigenvalue weighted by atomic mass is 32.2. The smallest absolute Gasteiger partial charge is 0.207 e. The number of fused-ring (bicyclic) bond motifs is 1. The first-order chi connectivity index (χ1) is 9.56. The first kappa shape index (κ1) is 13.3. The molecule has 0 amide bonds. The number of hydrogen-bond donors (Lipinski definition) is 1. The molecule has 0 saturated heterocycles. The summed E-state index contributed by atoms with van der Waals surface area (Å²) in [6.45, 7) is 1.82. The molecule has 0 radical (unpaired) electrons. The lowest BCUT2D eigenvalue weighted by Gasteiger charge is -2.14. The third-order valence-corrected chi connectivity index (χ3v) is 5.44. The molecule has 0 fully saturated rings. The van der Waals surface area contributed by atoms with E-state index in [0.29, 0.717) is 4.90 Å². The van der Waals surface area contributed by atoms with E-state index in [1.165, 1.54) is 11.1 Å². The molecule has 3 nitrogen and oxygen atoms in total. The Bertz CT molecular complexity index is 713. The van der Waals surface area contributed by atoms with Crippen LogP contribution in [0.1, 0.15) is 16.7 Å². The molecule has 1 N–H and O–H groups in total. The molecule has 0 atom stereocenters. The molecule has 20 heavy (non-hydrogen) atoms. The van der Waals surface area contributed by atoms with Crippen LogP contribution in [0.2, 0.25) is 0 Å². The van der Waals surface area contributed by atoms with E-state index in [9.17, 15) is 8.42 Å². The predicted molar refractivity (Wildman–Crippen MR) is 79.1 cm³/mol. The zero-order valence-electron chi connectivity index (χ0n) is 11.3. The van der Waals surface area contributed by atoms with E-state index in [-0.39, 0.29) is 6.04 Å². The van der Waals surface area contributed by atoms with Crippen LogP contribution in [-0.2, 0) is 22.9 Å². The number of hydrogen-bond acceptors (Lipinski definition) is 2. The van der Waals surface area contributed by atoms with Gasteiger partial charge in [0.05, 0.1) is 4.90 Å². The van der Waals surface area contributed by atoms with Gasteiger partial charge in [-0.15, -0.1) is 0 Å². The third kappa shape index (κ3) is 2.49. The second kappa shape index (κ2) is 5.04. The second-order valence-corrected chi connectivity index (χ2v) is 6.94. The summed E-state index contributed by atoms with van der Waals surface area (Å²) in [5, 5.41) is 0. The van der Waals surface area contributed by atoms with Gasteiger partial charge in [-0.05, 0) is 42.5 Å². The molecule has 0 aromatic heterocycles. The van der Waals surface area contributed by atoms with Crippen molar-refractivity contribution in [2.75, 3.05) is 0 Å². The molecule has 2 aromatic rings. The normalized spacial score (nSPS) is 15.2. The minimum absolute atomic E-state index is 0.0444. The van der Waals surface area contributed by atoms with Gasteiger partial charge in [0.25, 0.3) is 0 Å². The lowest BCUT2D eigenvalue weighted by molar-refractivity contribution is 0.555. The zero-order valence-corrected chi connectivity index (χ0v) is 12.2. The van der Waals surface area contributed by atoms with Crippen molar-refractivity contribution < 1.29 is 8.42 Å². The van der Waals surface area contributed by atoms with E-state index in [0.717, 1.165) is 18.4 Å².